The van der Waals surface area contributed by atoms with Crippen molar-refractivity contribution in [1.82, 2.24) is 0 Å². The minimum absolute atomic E-state index is 0.495. The summed E-state index contributed by atoms with van der Waals surface area (Å²) in [4.78, 5) is 0. The normalized spacial score (nSPS) is 12.2. The highest BCUT2D eigenvalue weighted by Gasteiger charge is 2.22. The first-order chi connectivity index (χ1) is 5.58. The zero-order valence-electron chi connectivity index (χ0n) is 6.10. The van der Waals surface area contributed by atoms with E-state index in [0.717, 1.165) is 6.08 Å². The Kier molecular flexibility index (Phi) is 2.53. The second-order valence-corrected chi connectivity index (χ2v) is 2.20. The van der Waals surface area contributed by atoms with Gasteiger partial charge in [0.15, 0.2) is 0 Å². The number of allylic oxidation sites excluding steroid dienone is 1. The van der Waals surface area contributed by atoms with E-state index in [9.17, 15) is 13.2 Å². The van der Waals surface area contributed by atoms with Crippen molar-refractivity contribution in [2.45, 2.75) is 6.18 Å². The average molecular weight is 171 g/mol. The highest BCUT2D eigenvalue weighted by Crippen LogP contribution is 2.16. The van der Waals surface area contributed by atoms with Crippen LogP contribution in [0.4, 0.5) is 13.2 Å². The molecular weight excluding hydrogens is 165 g/mol. The summed E-state index contributed by atoms with van der Waals surface area (Å²) in [6.45, 7) is 0. The Bertz CT molecular complexity index is 259. The van der Waals surface area contributed by atoms with E-state index < -0.39 is 6.18 Å². The highest BCUT2D eigenvalue weighted by molar-refractivity contribution is 5.47. The molecule has 0 unspecified atom stereocenters. The Morgan fingerprint density at radius 2 is 1.67 bits per heavy atom. The van der Waals surface area contributed by atoms with E-state index in [1.807, 2.05) is 0 Å². The van der Waals surface area contributed by atoms with Crippen LogP contribution in [0.3, 0.4) is 0 Å². The van der Waals surface area contributed by atoms with Gasteiger partial charge in [0.1, 0.15) is 0 Å². The smallest absolute Gasteiger partial charge is 0.166 e. The van der Waals surface area contributed by atoms with E-state index in [0.29, 0.717) is 5.56 Å². The summed E-state index contributed by atoms with van der Waals surface area (Å²) < 4.78 is 34.8. The molecule has 0 N–H and O–H groups in total. The summed E-state index contributed by atoms with van der Waals surface area (Å²) >= 11 is 0. The SMILES string of the molecule is FC(F)(F)[C]=Cc1ccccc1. The summed E-state index contributed by atoms with van der Waals surface area (Å²) in [6.07, 6.45) is -2.12. The fraction of sp³-hybridized carbons (Fsp3) is 0.111. The Morgan fingerprint density at radius 1 is 1.08 bits per heavy atom. The number of rotatable bonds is 1. The maximum Gasteiger partial charge on any atom is 0.417 e. The molecule has 0 heterocycles. The van der Waals surface area contributed by atoms with Gasteiger partial charge in [-0.15, -0.1) is 0 Å². The molecule has 0 saturated carbocycles. The molecule has 12 heavy (non-hydrogen) atoms. The molecule has 63 valence electrons. The third-order valence-electron chi connectivity index (χ3n) is 1.20. The quantitative estimate of drug-likeness (QED) is 0.609. The van der Waals surface area contributed by atoms with E-state index in [2.05, 4.69) is 0 Å². The van der Waals surface area contributed by atoms with Crippen LogP contribution in [0, 0.1) is 6.08 Å². The Labute approximate surface area is 68.3 Å². The molecule has 3 heteroatoms. The van der Waals surface area contributed by atoms with Gasteiger partial charge < -0.3 is 0 Å². The maximum atomic E-state index is 11.6. The predicted molar refractivity (Wildman–Crippen MR) is 40.2 cm³/mol. The first-order valence-corrected chi connectivity index (χ1v) is 3.30. The Balaban J connectivity index is 2.71. The van der Waals surface area contributed by atoms with Crippen LogP contribution in [0.1, 0.15) is 5.56 Å². The van der Waals surface area contributed by atoms with Crippen molar-refractivity contribution in [2.75, 3.05) is 0 Å². The summed E-state index contributed by atoms with van der Waals surface area (Å²) in [5.74, 6) is 0. The maximum absolute atomic E-state index is 11.6. The van der Waals surface area contributed by atoms with Crippen molar-refractivity contribution in [3.63, 3.8) is 0 Å². The van der Waals surface area contributed by atoms with Crippen LogP contribution in [-0.2, 0) is 0 Å². The molecule has 0 saturated heterocycles. The summed E-state index contributed by atoms with van der Waals surface area (Å²) in [5.41, 5.74) is 0.495. The molecule has 0 fully saturated rings. The van der Waals surface area contributed by atoms with Crippen molar-refractivity contribution in [2.24, 2.45) is 0 Å². The van der Waals surface area contributed by atoms with Gasteiger partial charge in [0.05, 0.1) is 6.08 Å². The van der Waals surface area contributed by atoms with Gasteiger partial charge in [0.25, 0.3) is 0 Å². The van der Waals surface area contributed by atoms with Crippen LogP contribution >= 0.6 is 0 Å². The van der Waals surface area contributed by atoms with Gasteiger partial charge in [-0.2, -0.15) is 13.2 Å². The minimum Gasteiger partial charge on any atom is -0.166 e. The Hall–Kier alpha value is -1.25. The van der Waals surface area contributed by atoms with Crippen LogP contribution in [0.15, 0.2) is 30.3 Å². The molecule has 0 aliphatic carbocycles. The van der Waals surface area contributed by atoms with Gasteiger partial charge >= 0.3 is 6.18 Å². The predicted octanol–water partition coefficient (Wildman–Crippen LogP) is 3.07. The summed E-state index contributed by atoms with van der Waals surface area (Å²) in [7, 11) is 0. The molecule has 0 spiro atoms. The van der Waals surface area contributed by atoms with Crippen LogP contribution in [0.2, 0.25) is 0 Å². The number of hydrogen-bond acceptors (Lipinski definition) is 0. The van der Waals surface area contributed by atoms with Crippen LogP contribution < -0.4 is 0 Å². The average Bonchev–Trinajstić information content (AvgIpc) is 2.02. The zero-order chi connectivity index (χ0) is 9.03. The van der Waals surface area contributed by atoms with Crippen molar-refractivity contribution < 1.29 is 13.2 Å². The van der Waals surface area contributed by atoms with E-state index in [1.54, 1.807) is 30.3 Å². The molecular formula is C9H6F3. The molecule has 0 aliphatic rings. The zero-order valence-corrected chi connectivity index (χ0v) is 6.10. The van der Waals surface area contributed by atoms with Gasteiger partial charge in [-0.1, -0.05) is 30.3 Å². The molecule has 0 aliphatic heterocycles. The number of benzene rings is 1. The van der Waals surface area contributed by atoms with Crippen LogP contribution in [-0.4, -0.2) is 6.18 Å². The molecule has 0 nitrogen and oxygen atoms in total. The van der Waals surface area contributed by atoms with Crippen molar-refractivity contribution >= 4 is 6.08 Å². The molecule has 0 bridgehead atoms. The van der Waals surface area contributed by atoms with Crippen molar-refractivity contribution in [3.8, 4) is 0 Å². The van der Waals surface area contributed by atoms with Crippen molar-refractivity contribution in [1.29, 1.82) is 0 Å². The standard InChI is InChI=1S/C9H6F3/c10-9(11,12)7-6-8-4-2-1-3-5-8/h1-6H. The Morgan fingerprint density at radius 3 is 2.17 bits per heavy atom. The van der Waals surface area contributed by atoms with Gasteiger partial charge in [-0.05, 0) is 11.6 Å². The van der Waals surface area contributed by atoms with Crippen LogP contribution in [0.25, 0.3) is 6.08 Å². The summed E-state index contributed by atoms with van der Waals surface area (Å²) in [5, 5.41) is 0. The molecule has 0 atom stereocenters. The van der Waals surface area contributed by atoms with Gasteiger partial charge in [0, 0.05) is 0 Å². The van der Waals surface area contributed by atoms with E-state index in [-0.39, 0.29) is 0 Å². The number of alkyl halides is 3. The van der Waals surface area contributed by atoms with E-state index >= 15 is 0 Å². The highest BCUT2D eigenvalue weighted by atomic mass is 19.4. The number of halogens is 3. The minimum atomic E-state index is -4.35. The molecule has 0 aromatic heterocycles. The topological polar surface area (TPSA) is 0 Å². The summed E-state index contributed by atoms with van der Waals surface area (Å²) in [6, 6.07) is 8.25. The van der Waals surface area contributed by atoms with Gasteiger partial charge in [-0.3, -0.25) is 0 Å². The molecule has 1 aromatic carbocycles. The fourth-order valence-corrected chi connectivity index (χ4v) is 0.714. The third kappa shape index (κ3) is 3.23. The largest absolute Gasteiger partial charge is 0.417 e. The third-order valence-corrected chi connectivity index (χ3v) is 1.20. The molecule has 0 amide bonds. The lowest BCUT2D eigenvalue weighted by Crippen LogP contribution is -2.01. The lowest BCUT2D eigenvalue weighted by atomic mass is 10.2. The van der Waals surface area contributed by atoms with Crippen LogP contribution in [0.5, 0.6) is 0 Å². The van der Waals surface area contributed by atoms with Gasteiger partial charge in [-0.25, -0.2) is 0 Å². The molecule has 1 radical (unpaired) electrons. The van der Waals surface area contributed by atoms with E-state index in [4.69, 9.17) is 0 Å². The second-order valence-electron chi connectivity index (χ2n) is 2.20. The monoisotopic (exact) mass is 171 g/mol. The lowest BCUT2D eigenvalue weighted by molar-refractivity contribution is -0.0866. The first kappa shape index (κ1) is 8.84. The fourth-order valence-electron chi connectivity index (χ4n) is 0.714. The van der Waals surface area contributed by atoms with E-state index in [1.165, 1.54) is 6.08 Å². The first-order valence-electron chi connectivity index (χ1n) is 3.30. The van der Waals surface area contributed by atoms with Gasteiger partial charge in [0.2, 0.25) is 0 Å². The second kappa shape index (κ2) is 3.43. The molecule has 1 aromatic rings. The molecule has 1 rings (SSSR count). The van der Waals surface area contributed by atoms with Crippen molar-refractivity contribution in [3.05, 3.63) is 42.0 Å². The lowest BCUT2D eigenvalue weighted by Gasteiger charge is -1.95. The number of hydrogen-bond donors (Lipinski definition) is 0.